The largest absolute Gasteiger partial charge is 0.347 e. The van der Waals surface area contributed by atoms with Crippen molar-refractivity contribution >= 4 is 47.2 Å². The molecule has 13 nitrogen and oxygen atoms in total. The zero-order chi connectivity index (χ0) is 50.7. The molecule has 2 aliphatic carbocycles. The quantitative estimate of drug-likeness (QED) is 0.111. The number of aryl methyl sites for hydroxylation is 2. The Morgan fingerprint density at radius 2 is 1.26 bits per heavy atom. The lowest BCUT2D eigenvalue weighted by atomic mass is 9.85. The van der Waals surface area contributed by atoms with Gasteiger partial charge in [0.2, 0.25) is 35.4 Å². The van der Waals surface area contributed by atoms with Gasteiger partial charge in [0.1, 0.15) is 24.2 Å². The van der Waals surface area contributed by atoms with Crippen LogP contribution in [0.25, 0.3) is 0 Å². The molecule has 70 heavy (non-hydrogen) atoms. The zero-order valence-corrected chi connectivity index (χ0v) is 43.9. The molecule has 14 heteroatoms. The van der Waals surface area contributed by atoms with Crippen LogP contribution < -0.4 is 26.6 Å². The predicted octanol–water partition coefficient (Wildman–Crippen LogP) is 6.82. The minimum Gasteiger partial charge on any atom is -0.347 e. The lowest BCUT2D eigenvalue weighted by Gasteiger charge is -2.42. The summed E-state index contributed by atoms with van der Waals surface area (Å²) in [6.07, 6.45) is 8.52. The van der Waals surface area contributed by atoms with Crippen LogP contribution >= 0.6 is 11.8 Å². The second kappa shape index (κ2) is 22.1. The number of nitrogens with one attached hydrogen (secondary N) is 5. The van der Waals surface area contributed by atoms with Crippen molar-refractivity contribution in [3.63, 3.8) is 0 Å². The van der Waals surface area contributed by atoms with E-state index in [0.717, 1.165) is 66.3 Å². The van der Waals surface area contributed by atoms with E-state index in [9.17, 15) is 24.0 Å². The first-order valence-corrected chi connectivity index (χ1v) is 26.8. The van der Waals surface area contributed by atoms with Crippen LogP contribution in [0.2, 0.25) is 0 Å². The van der Waals surface area contributed by atoms with Gasteiger partial charge in [-0.05, 0) is 130 Å². The molecule has 7 rings (SSSR count). The van der Waals surface area contributed by atoms with Gasteiger partial charge in [0, 0.05) is 36.1 Å². The van der Waals surface area contributed by atoms with Gasteiger partial charge in [0.25, 0.3) is 0 Å². The third-order valence-corrected chi connectivity index (χ3v) is 17.0. The van der Waals surface area contributed by atoms with Gasteiger partial charge in [0.05, 0.1) is 18.1 Å². The summed E-state index contributed by atoms with van der Waals surface area (Å²) in [6.45, 7) is 15.6. The molecule has 3 aromatic carbocycles. The van der Waals surface area contributed by atoms with Gasteiger partial charge in [0.15, 0.2) is 0 Å². The Balaban J connectivity index is 1.23. The highest BCUT2D eigenvalue weighted by molar-refractivity contribution is 8.00. The van der Waals surface area contributed by atoms with E-state index in [1.807, 2.05) is 91.1 Å². The number of likely N-dealkylation sites (N-methyl/N-ethyl adjacent to an activating group) is 1. The van der Waals surface area contributed by atoms with Crippen molar-refractivity contribution in [3.05, 3.63) is 106 Å². The zero-order valence-electron chi connectivity index (χ0n) is 43.1. The Morgan fingerprint density at radius 3 is 1.81 bits per heavy atom. The molecule has 3 unspecified atom stereocenters. The number of benzene rings is 3. The van der Waals surface area contributed by atoms with E-state index in [2.05, 4.69) is 56.9 Å². The summed E-state index contributed by atoms with van der Waals surface area (Å²) in [5, 5.41) is 15.8. The lowest BCUT2D eigenvalue weighted by molar-refractivity contribution is -0.145. The van der Waals surface area contributed by atoms with Crippen LogP contribution in [-0.4, -0.2) is 100 Å². The first kappa shape index (κ1) is 52.6. The summed E-state index contributed by atoms with van der Waals surface area (Å²) in [4.78, 5) is 90.0. The van der Waals surface area contributed by atoms with Crippen molar-refractivity contribution in [2.75, 3.05) is 19.8 Å². The van der Waals surface area contributed by atoms with Crippen LogP contribution in [0, 0.1) is 11.3 Å². The van der Waals surface area contributed by atoms with E-state index in [4.69, 9.17) is 0 Å². The van der Waals surface area contributed by atoms with Crippen molar-refractivity contribution in [2.24, 2.45) is 11.3 Å². The topological polar surface area (TPSA) is 169 Å². The molecule has 1 saturated heterocycles. The van der Waals surface area contributed by atoms with E-state index in [1.54, 1.807) is 23.8 Å². The first-order valence-electron chi connectivity index (χ1n) is 25.6. The highest BCUT2D eigenvalue weighted by Crippen LogP contribution is 2.39. The van der Waals surface area contributed by atoms with Crippen molar-refractivity contribution < 1.29 is 28.8 Å². The van der Waals surface area contributed by atoms with Crippen LogP contribution in [0.4, 0.5) is 0 Å². The van der Waals surface area contributed by atoms with Crippen LogP contribution in [0.5, 0.6) is 0 Å². The second-order valence-electron chi connectivity index (χ2n) is 21.8. The Labute approximate surface area is 420 Å². The number of likely N-dealkylation sites (tertiary alicyclic amines) is 1. The van der Waals surface area contributed by atoms with Gasteiger partial charge < -0.3 is 36.4 Å². The van der Waals surface area contributed by atoms with Gasteiger partial charge in [-0.3, -0.25) is 28.8 Å². The maximum atomic E-state index is 15.3. The highest BCUT2D eigenvalue weighted by atomic mass is 32.2. The van der Waals surface area contributed by atoms with Crippen molar-refractivity contribution in [3.8, 4) is 0 Å². The summed E-state index contributed by atoms with van der Waals surface area (Å²) < 4.78 is -0.712. The fourth-order valence-electron chi connectivity index (χ4n) is 10.7. The number of fused-ring (bicyclic) bond motifs is 3. The molecule has 6 amide bonds. The summed E-state index contributed by atoms with van der Waals surface area (Å²) in [5.74, 6) is -2.19. The molecule has 2 heterocycles. The Bertz CT molecular complexity index is 2430. The van der Waals surface area contributed by atoms with E-state index < -0.39 is 40.4 Å². The van der Waals surface area contributed by atoms with Crippen LogP contribution in [0.1, 0.15) is 151 Å². The number of rotatable bonds is 15. The molecule has 9 atom stereocenters. The molecule has 4 aliphatic rings. The Kier molecular flexibility index (Phi) is 16.6. The summed E-state index contributed by atoms with van der Waals surface area (Å²) in [5.41, 5.74) is 6.68. The number of hydrogen-bond donors (Lipinski definition) is 5. The normalized spacial score (nSPS) is 22.8. The van der Waals surface area contributed by atoms with E-state index in [1.165, 1.54) is 22.9 Å². The van der Waals surface area contributed by atoms with Gasteiger partial charge in [-0.25, -0.2) is 0 Å². The Morgan fingerprint density at radius 1 is 0.700 bits per heavy atom. The summed E-state index contributed by atoms with van der Waals surface area (Å²) in [6, 6.07) is 18.2. The monoisotopic (exact) mass is 976 g/mol. The fraction of sp³-hybridized carbons (Fsp3) is 0.571. The number of thioether (sulfide) groups is 1. The third-order valence-electron chi connectivity index (χ3n) is 15.7. The molecule has 0 saturated carbocycles. The Hall–Kier alpha value is -5.21. The highest BCUT2D eigenvalue weighted by Gasteiger charge is 2.48. The number of carbonyl (C=O) groups is 6. The molecule has 1 fully saturated rings. The van der Waals surface area contributed by atoms with Gasteiger partial charge in [-0.1, -0.05) is 101 Å². The second-order valence-corrected chi connectivity index (χ2v) is 23.3. The SMILES string of the molecule is CC[C@@H](C)C(=O)N[C@H](C(=O)N1Cc2cc(C3C[C@@H](C(=O)NC4CCCc5ccccc54)N(C(=O)[C@@H](NC(=O)[C@H](C)NC)C(C)(C)C)C3)ccc2C[C@H]1C(=O)NC1CCCc2ccccc21)C(C)(C)SC. The van der Waals surface area contributed by atoms with Gasteiger partial charge in [-0.15, -0.1) is 0 Å². The standard InChI is InChI=1S/C56H77N7O6S/c1-11-33(2)49(64)61-48(56(7,8)70-10)54(69)63-31-39-28-37(26-27-38(39)29-45(63)51(66)58-43-24-16-20-35-18-12-14-22-41(35)43)40-30-46(52(67)59-44-25-17-21-36-19-13-15-23-42(36)44)62(32-40)53(68)47(55(4,5)6)60-50(65)34(3)57-9/h12-15,18-19,22-23,26-28,33-34,40,43-48,57H,11,16-17,20-21,24-25,29-32H2,1-10H3,(H,58,66)(H,59,67)(H,60,65)(H,61,64)/t33-,34+,40?,43?,44?,45+,46+,47-,48-/m1/s1. The molecule has 378 valence electrons. The van der Waals surface area contributed by atoms with Crippen LogP contribution in [0.3, 0.4) is 0 Å². The van der Waals surface area contributed by atoms with E-state index in [0.29, 0.717) is 12.8 Å². The molecule has 5 N–H and O–H groups in total. The molecular weight excluding hydrogens is 899 g/mol. The van der Waals surface area contributed by atoms with Crippen molar-refractivity contribution in [2.45, 2.75) is 173 Å². The molecule has 0 radical (unpaired) electrons. The number of carbonyl (C=O) groups excluding carboxylic acids is 6. The first-order chi connectivity index (χ1) is 33.3. The molecule has 2 aliphatic heterocycles. The number of amides is 6. The lowest BCUT2D eigenvalue weighted by Crippen LogP contribution is -2.62. The summed E-state index contributed by atoms with van der Waals surface area (Å²) in [7, 11) is 1.70. The minimum absolute atomic E-state index is 0.129. The summed E-state index contributed by atoms with van der Waals surface area (Å²) >= 11 is 1.49. The number of nitrogens with zero attached hydrogens (tertiary/aromatic N) is 2. The average molecular weight is 976 g/mol. The van der Waals surface area contributed by atoms with Gasteiger partial charge in [-0.2, -0.15) is 11.8 Å². The predicted molar refractivity (Wildman–Crippen MR) is 277 cm³/mol. The molecule has 0 spiro atoms. The van der Waals surface area contributed by atoms with Crippen molar-refractivity contribution in [1.29, 1.82) is 0 Å². The maximum Gasteiger partial charge on any atom is 0.247 e. The van der Waals surface area contributed by atoms with Gasteiger partial charge >= 0.3 is 0 Å². The van der Waals surface area contributed by atoms with Crippen LogP contribution in [-0.2, 0) is 54.6 Å². The smallest absolute Gasteiger partial charge is 0.247 e. The van der Waals surface area contributed by atoms with E-state index in [-0.39, 0.29) is 78.9 Å². The molecule has 0 bridgehead atoms. The van der Waals surface area contributed by atoms with Crippen molar-refractivity contribution in [1.82, 2.24) is 36.4 Å². The molecule has 0 aromatic heterocycles. The molecular formula is C56H77N7O6S. The average Bonchev–Trinajstić information content (AvgIpc) is 3.81. The fourth-order valence-corrected chi connectivity index (χ4v) is 11.1. The van der Waals surface area contributed by atoms with E-state index >= 15 is 4.79 Å². The molecule has 3 aromatic rings. The maximum absolute atomic E-state index is 15.3. The van der Waals surface area contributed by atoms with Crippen LogP contribution in [0.15, 0.2) is 66.7 Å². The minimum atomic E-state index is -0.920. The number of hydrogen-bond acceptors (Lipinski definition) is 8. The third kappa shape index (κ3) is 11.4.